The van der Waals surface area contributed by atoms with Gasteiger partial charge in [-0.25, -0.2) is 0 Å². The van der Waals surface area contributed by atoms with Crippen LogP contribution in [0, 0.1) is 10.1 Å². The molecule has 1 fully saturated rings. The number of nitro benzene ring substituents is 1. The van der Waals surface area contributed by atoms with Gasteiger partial charge >= 0.3 is 5.69 Å². The minimum atomic E-state index is -0.577. The molecule has 2 rings (SSSR count). The summed E-state index contributed by atoms with van der Waals surface area (Å²) in [5.41, 5.74) is -0.0106. The molecule has 21 heavy (non-hydrogen) atoms. The average Bonchev–Trinajstić information content (AvgIpc) is 2.52. The van der Waals surface area contributed by atoms with Crippen LogP contribution in [0.2, 0.25) is 0 Å². The number of carbonyl (C=O) groups excluding carboxylic acids is 1. The molecule has 114 valence electrons. The van der Waals surface area contributed by atoms with Gasteiger partial charge in [-0.05, 0) is 12.1 Å². The first kappa shape index (κ1) is 15.2. The summed E-state index contributed by atoms with van der Waals surface area (Å²) >= 11 is 0. The van der Waals surface area contributed by atoms with Gasteiger partial charge in [-0.3, -0.25) is 14.9 Å². The summed E-state index contributed by atoms with van der Waals surface area (Å²) in [6, 6.07) is 4.16. The van der Waals surface area contributed by atoms with E-state index in [1.165, 1.54) is 25.3 Å². The van der Waals surface area contributed by atoms with Crippen molar-refractivity contribution in [1.82, 2.24) is 10.6 Å². The summed E-state index contributed by atoms with van der Waals surface area (Å²) in [6.45, 7) is 2.34. The van der Waals surface area contributed by atoms with Crippen LogP contribution in [0.25, 0.3) is 0 Å². The average molecular weight is 295 g/mol. The number of hydrogen-bond acceptors (Lipinski definition) is 6. The van der Waals surface area contributed by atoms with Crippen molar-refractivity contribution in [2.45, 2.75) is 6.04 Å². The predicted molar refractivity (Wildman–Crippen MR) is 74.6 cm³/mol. The number of benzene rings is 1. The Balaban J connectivity index is 2.01. The van der Waals surface area contributed by atoms with Crippen LogP contribution in [0.3, 0.4) is 0 Å². The number of amides is 1. The summed E-state index contributed by atoms with van der Waals surface area (Å²) in [7, 11) is 1.34. The number of nitro groups is 1. The SMILES string of the molecule is COc1ccc(C(=O)NCC2COCCN2)cc1[N+](=O)[O-]. The number of carbonyl (C=O) groups is 1. The molecule has 1 amide bonds. The Morgan fingerprint density at radius 1 is 1.62 bits per heavy atom. The van der Waals surface area contributed by atoms with Crippen molar-refractivity contribution >= 4 is 11.6 Å². The van der Waals surface area contributed by atoms with Gasteiger partial charge < -0.3 is 20.1 Å². The number of ether oxygens (including phenoxy) is 2. The molecule has 0 aromatic heterocycles. The molecule has 1 saturated heterocycles. The van der Waals surface area contributed by atoms with Crippen LogP contribution in [-0.2, 0) is 4.74 Å². The number of rotatable bonds is 5. The monoisotopic (exact) mass is 295 g/mol. The topological polar surface area (TPSA) is 103 Å². The summed E-state index contributed by atoms with van der Waals surface area (Å²) in [5, 5.41) is 16.9. The summed E-state index contributed by atoms with van der Waals surface area (Å²) in [5.74, 6) is -0.243. The van der Waals surface area contributed by atoms with Gasteiger partial charge in [0.2, 0.25) is 0 Å². The summed E-state index contributed by atoms with van der Waals surface area (Å²) in [4.78, 5) is 22.4. The quantitative estimate of drug-likeness (QED) is 0.599. The van der Waals surface area contributed by atoms with Gasteiger partial charge in [0.05, 0.1) is 25.2 Å². The van der Waals surface area contributed by atoms with Gasteiger partial charge in [0.25, 0.3) is 5.91 Å². The second-order valence-electron chi connectivity index (χ2n) is 4.58. The number of nitrogens with zero attached hydrogens (tertiary/aromatic N) is 1. The molecule has 1 aliphatic heterocycles. The Labute approximate surface area is 121 Å². The number of nitrogens with one attached hydrogen (secondary N) is 2. The zero-order valence-corrected chi connectivity index (χ0v) is 11.6. The lowest BCUT2D eigenvalue weighted by atomic mass is 10.1. The highest BCUT2D eigenvalue weighted by atomic mass is 16.6. The van der Waals surface area contributed by atoms with E-state index < -0.39 is 4.92 Å². The standard InChI is InChI=1S/C13H17N3O5/c1-20-12-3-2-9(6-11(12)16(18)19)13(17)15-7-10-8-21-5-4-14-10/h2-3,6,10,14H,4-5,7-8H2,1H3,(H,15,17). The van der Waals surface area contributed by atoms with Crippen molar-refractivity contribution in [3.8, 4) is 5.75 Å². The Morgan fingerprint density at radius 3 is 3.05 bits per heavy atom. The van der Waals surface area contributed by atoms with E-state index in [9.17, 15) is 14.9 Å². The summed E-state index contributed by atoms with van der Waals surface area (Å²) < 4.78 is 10.2. The van der Waals surface area contributed by atoms with Crippen molar-refractivity contribution in [2.75, 3.05) is 33.4 Å². The number of methoxy groups -OCH3 is 1. The zero-order valence-electron chi connectivity index (χ0n) is 11.6. The van der Waals surface area contributed by atoms with E-state index in [1.807, 2.05) is 0 Å². The molecular weight excluding hydrogens is 278 g/mol. The van der Waals surface area contributed by atoms with E-state index in [-0.39, 0.29) is 28.9 Å². The minimum Gasteiger partial charge on any atom is -0.490 e. The third kappa shape index (κ3) is 3.89. The van der Waals surface area contributed by atoms with Crippen LogP contribution in [0.1, 0.15) is 10.4 Å². The van der Waals surface area contributed by atoms with Crippen LogP contribution in [0.4, 0.5) is 5.69 Å². The third-order valence-electron chi connectivity index (χ3n) is 3.15. The Kier molecular flexibility index (Phi) is 5.07. The maximum atomic E-state index is 12.0. The smallest absolute Gasteiger partial charge is 0.311 e. The van der Waals surface area contributed by atoms with Gasteiger partial charge in [0.15, 0.2) is 5.75 Å². The largest absolute Gasteiger partial charge is 0.490 e. The van der Waals surface area contributed by atoms with Gasteiger partial charge in [0.1, 0.15) is 0 Å². The fourth-order valence-corrected chi connectivity index (χ4v) is 2.04. The molecule has 0 spiro atoms. The molecule has 0 aliphatic carbocycles. The first-order valence-corrected chi connectivity index (χ1v) is 6.53. The van der Waals surface area contributed by atoms with Gasteiger partial charge in [-0.2, -0.15) is 0 Å². The molecule has 1 atom stereocenters. The second-order valence-corrected chi connectivity index (χ2v) is 4.58. The molecule has 8 nitrogen and oxygen atoms in total. The fourth-order valence-electron chi connectivity index (χ4n) is 2.04. The molecule has 1 aliphatic rings. The highest BCUT2D eigenvalue weighted by Gasteiger charge is 2.19. The molecule has 8 heteroatoms. The molecule has 1 unspecified atom stereocenters. The molecular formula is C13H17N3O5. The molecule has 2 N–H and O–H groups in total. The molecule has 0 radical (unpaired) electrons. The van der Waals surface area contributed by atoms with Crippen LogP contribution in [0.15, 0.2) is 18.2 Å². The maximum absolute atomic E-state index is 12.0. The van der Waals surface area contributed by atoms with Crippen molar-refractivity contribution in [1.29, 1.82) is 0 Å². The molecule has 1 aromatic rings. The first-order valence-electron chi connectivity index (χ1n) is 6.53. The lowest BCUT2D eigenvalue weighted by Crippen LogP contribution is -2.48. The fraction of sp³-hybridized carbons (Fsp3) is 0.462. The van der Waals surface area contributed by atoms with Crippen LogP contribution in [0.5, 0.6) is 5.75 Å². The van der Waals surface area contributed by atoms with E-state index in [0.29, 0.717) is 19.8 Å². The summed E-state index contributed by atoms with van der Waals surface area (Å²) in [6.07, 6.45) is 0. The highest BCUT2D eigenvalue weighted by molar-refractivity contribution is 5.95. The van der Waals surface area contributed by atoms with Crippen molar-refractivity contribution in [3.05, 3.63) is 33.9 Å². The minimum absolute atomic E-state index is 0.0518. The molecule has 0 saturated carbocycles. The van der Waals surface area contributed by atoms with Gasteiger partial charge in [0, 0.05) is 30.8 Å². The first-order chi connectivity index (χ1) is 10.1. The zero-order chi connectivity index (χ0) is 15.2. The normalized spacial score (nSPS) is 18.0. The van der Waals surface area contributed by atoms with E-state index in [4.69, 9.17) is 9.47 Å². The Bertz CT molecular complexity index is 529. The van der Waals surface area contributed by atoms with Gasteiger partial charge in [-0.1, -0.05) is 0 Å². The molecule has 1 aromatic carbocycles. The third-order valence-corrected chi connectivity index (χ3v) is 3.15. The van der Waals surface area contributed by atoms with Crippen LogP contribution < -0.4 is 15.4 Å². The Morgan fingerprint density at radius 2 is 2.43 bits per heavy atom. The van der Waals surface area contributed by atoms with Gasteiger partial charge in [-0.15, -0.1) is 0 Å². The highest BCUT2D eigenvalue weighted by Crippen LogP contribution is 2.27. The van der Waals surface area contributed by atoms with E-state index >= 15 is 0 Å². The van der Waals surface area contributed by atoms with Crippen molar-refractivity contribution in [2.24, 2.45) is 0 Å². The molecule has 1 heterocycles. The van der Waals surface area contributed by atoms with Crippen molar-refractivity contribution in [3.63, 3.8) is 0 Å². The van der Waals surface area contributed by atoms with Crippen molar-refractivity contribution < 1.29 is 19.2 Å². The Hall–Kier alpha value is -2.19. The van der Waals surface area contributed by atoms with E-state index in [0.717, 1.165) is 6.54 Å². The van der Waals surface area contributed by atoms with Crippen LogP contribution >= 0.6 is 0 Å². The van der Waals surface area contributed by atoms with E-state index in [2.05, 4.69) is 10.6 Å². The number of morpholine rings is 1. The lowest BCUT2D eigenvalue weighted by Gasteiger charge is -2.23. The number of hydrogen-bond donors (Lipinski definition) is 2. The predicted octanol–water partition coefficient (Wildman–Crippen LogP) is 0.322. The van der Waals surface area contributed by atoms with Crippen LogP contribution in [-0.4, -0.2) is 50.3 Å². The van der Waals surface area contributed by atoms with E-state index in [1.54, 1.807) is 0 Å². The lowest BCUT2D eigenvalue weighted by molar-refractivity contribution is -0.385. The second kappa shape index (κ2) is 7.00. The molecule has 0 bridgehead atoms. The maximum Gasteiger partial charge on any atom is 0.311 e.